The summed E-state index contributed by atoms with van der Waals surface area (Å²) in [7, 11) is 0. The van der Waals surface area contributed by atoms with Gasteiger partial charge in [0.1, 0.15) is 17.9 Å². The first-order valence-electron chi connectivity index (χ1n) is 5.56. The molecular weight excluding hydrogens is 286 g/mol. The Balaban J connectivity index is 2.20. The van der Waals surface area contributed by atoms with Crippen molar-refractivity contribution in [3.8, 4) is 5.75 Å². The number of carboxylic acids is 1. The zero-order valence-electron chi connectivity index (χ0n) is 10.4. The number of rotatable bonds is 4. The highest BCUT2D eigenvalue weighted by molar-refractivity contribution is 7.11. The maximum atomic E-state index is 11.1. The fraction of sp³-hybridized carbons (Fsp3) is 0.231. The van der Waals surface area contributed by atoms with Gasteiger partial charge in [-0.3, -0.25) is 0 Å². The highest BCUT2D eigenvalue weighted by atomic mass is 35.5. The molecular formula is C13H12ClNO3S. The Hall–Kier alpha value is -1.59. The molecule has 0 amide bonds. The Morgan fingerprint density at radius 2 is 2.21 bits per heavy atom. The molecule has 0 spiro atoms. The molecule has 0 radical (unpaired) electrons. The molecule has 2 rings (SSSR count). The molecule has 1 heterocycles. The van der Waals surface area contributed by atoms with Crippen LogP contribution in [0.4, 0.5) is 0 Å². The Bertz CT molecular complexity index is 624. The van der Waals surface area contributed by atoms with Gasteiger partial charge in [0.2, 0.25) is 0 Å². The maximum Gasteiger partial charge on any atom is 0.339 e. The minimum atomic E-state index is -1.06. The van der Waals surface area contributed by atoms with Crippen LogP contribution >= 0.6 is 22.9 Å². The third kappa shape index (κ3) is 3.24. The van der Waals surface area contributed by atoms with Gasteiger partial charge >= 0.3 is 5.97 Å². The molecule has 6 heteroatoms. The number of carbonyl (C=O) groups is 1. The summed E-state index contributed by atoms with van der Waals surface area (Å²) in [6, 6.07) is 4.55. The van der Waals surface area contributed by atoms with Crippen molar-refractivity contribution in [2.45, 2.75) is 20.5 Å². The van der Waals surface area contributed by atoms with Crippen LogP contribution in [0.3, 0.4) is 0 Å². The predicted octanol–water partition coefficient (Wildman–Crippen LogP) is 3.69. The minimum Gasteiger partial charge on any atom is -0.487 e. The summed E-state index contributed by atoms with van der Waals surface area (Å²) in [6.45, 7) is 4.13. The Kier molecular flexibility index (Phi) is 4.07. The molecule has 1 aromatic heterocycles. The minimum absolute atomic E-state index is 0.0615. The molecule has 1 N–H and O–H groups in total. The summed E-state index contributed by atoms with van der Waals surface area (Å²) >= 11 is 7.32. The van der Waals surface area contributed by atoms with Gasteiger partial charge in [0.15, 0.2) is 0 Å². The molecule has 0 bridgehead atoms. The van der Waals surface area contributed by atoms with E-state index in [9.17, 15) is 4.79 Å². The number of aryl methyl sites for hydroxylation is 2. The van der Waals surface area contributed by atoms with Crippen LogP contribution in [-0.4, -0.2) is 16.1 Å². The fourth-order valence-corrected chi connectivity index (χ4v) is 2.67. The first-order chi connectivity index (χ1) is 8.97. The van der Waals surface area contributed by atoms with Crippen LogP contribution in [0.15, 0.2) is 18.2 Å². The third-order valence-corrected chi connectivity index (χ3v) is 3.81. The van der Waals surface area contributed by atoms with E-state index in [1.807, 2.05) is 13.8 Å². The standard InChI is InChI=1S/C13H12ClNO3S/c1-7-12(19-8(2)15-7)6-18-11-4-3-9(14)5-10(11)13(16)17/h3-5H,6H2,1-2H3,(H,16,17). The topological polar surface area (TPSA) is 59.4 Å². The number of hydrogen-bond acceptors (Lipinski definition) is 4. The first kappa shape index (κ1) is 13.8. The van der Waals surface area contributed by atoms with Crippen molar-refractivity contribution in [1.29, 1.82) is 0 Å². The second-order valence-electron chi connectivity index (χ2n) is 3.98. The smallest absolute Gasteiger partial charge is 0.339 e. The third-order valence-electron chi connectivity index (χ3n) is 2.53. The fourth-order valence-electron chi connectivity index (χ4n) is 1.65. The summed E-state index contributed by atoms with van der Waals surface area (Å²) < 4.78 is 5.56. The Morgan fingerprint density at radius 1 is 1.47 bits per heavy atom. The van der Waals surface area contributed by atoms with E-state index in [1.165, 1.54) is 6.07 Å². The van der Waals surface area contributed by atoms with Crippen LogP contribution in [0.5, 0.6) is 5.75 Å². The molecule has 0 aliphatic rings. The van der Waals surface area contributed by atoms with E-state index in [2.05, 4.69) is 4.98 Å². The van der Waals surface area contributed by atoms with Crippen molar-refractivity contribution >= 4 is 28.9 Å². The summed E-state index contributed by atoms with van der Waals surface area (Å²) in [5, 5.41) is 10.4. The molecule has 0 atom stereocenters. The summed E-state index contributed by atoms with van der Waals surface area (Å²) in [4.78, 5) is 16.4. The van der Waals surface area contributed by atoms with Gasteiger partial charge in [-0.25, -0.2) is 9.78 Å². The normalized spacial score (nSPS) is 10.5. The van der Waals surface area contributed by atoms with Crippen LogP contribution in [0, 0.1) is 13.8 Å². The second kappa shape index (κ2) is 5.59. The molecule has 19 heavy (non-hydrogen) atoms. The average Bonchev–Trinajstić information content (AvgIpc) is 2.66. The Morgan fingerprint density at radius 3 is 2.79 bits per heavy atom. The SMILES string of the molecule is Cc1nc(C)c(COc2ccc(Cl)cc2C(=O)O)s1. The van der Waals surface area contributed by atoms with Crippen LogP contribution < -0.4 is 4.74 Å². The highest BCUT2D eigenvalue weighted by Crippen LogP contribution is 2.25. The molecule has 4 nitrogen and oxygen atoms in total. The van der Waals surface area contributed by atoms with Crippen LogP contribution in [-0.2, 0) is 6.61 Å². The predicted molar refractivity (Wildman–Crippen MR) is 74.3 cm³/mol. The molecule has 0 saturated heterocycles. The van der Waals surface area contributed by atoms with Crippen molar-refractivity contribution in [2.75, 3.05) is 0 Å². The van der Waals surface area contributed by atoms with Gasteiger partial charge in [-0.2, -0.15) is 0 Å². The Labute approximate surface area is 119 Å². The zero-order valence-corrected chi connectivity index (χ0v) is 12.0. The lowest BCUT2D eigenvalue weighted by Crippen LogP contribution is -2.03. The van der Waals surface area contributed by atoms with Gasteiger partial charge in [-0.15, -0.1) is 11.3 Å². The molecule has 2 aromatic rings. The molecule has 0 unspecified atom stereocenters. The van der Waals surface area contributed by atoms with E-state index < -0.39 is 5.97 Å². The lowest BCUT2D eigenvalue weighted by molar-refractivity contribution is 0.0692. The monoisotopic (exact) mass is 297 g/mol. The number of thiazole rings is 1. The van der Waals surface area contributed by atoms with Gasteiger partial charge in [0.05, 0.1) is 15.6 Å². The lowest BCUT2D eigenvalue weighted by Gasteiger charge is -2.08. The number of halogens is 1. The second-order valence-corrected chi connectivity index (χ2v) is 5.70. The number of benzene rings is 1. The molecule has 100 valence electrons. The van der Waals surface area contributed by atoms with Gasteiger partial charge in [-0.05, 0) is 32.0 Å². The van der Waals surface area contributed by atoms with Crippen LogP contribution in [0.25, 0.3) is 0 Å². The quantitative estimate of drug-likeness (QED) is 0.935. The number of aromatic carboxylic acids is 1. The van der Waals surface area contributed by atoms with Crippen LogP contribution in [0.1, 0.15) is 25.9 Å². The van der Waals surface area contributed by atoms with E-state index in [4.69, 9.17) is 21.4 Å². The van der Waals surface area contributed by atoms with Crippen molar-refractivity contribution < 1.29 is 14.6 Å². The van der Waals surface area contributed by atoms with E-state index >= 15 is 0 Å². The number of aromatic nitrogens is 1. The molecule has 1 aromatic carbocycles. The summed E-state index contributed by atoms with van der Waals surface area (Å²) in [6.07, 6.45) is 0. The van der Waals surface area contributed by atoms with Gasteiger partial charge in [0.25, 0.3) is 0 Å². The lowest BCUT2D eigenvalue weighted by atomic mass is 10.2. The molecule has 0 aliphatic carbocycles. The first-order valence-corrected chi connectivity index (χ1v) is 6.75. The number of ether oxygens (including phenoxy) is 1. The van der Waals surface area contributed by atoms with Gasteiger partial charge in [-0.1, -0.05) is 11.6 Å². The van der Waals surface area contributed by atoms with Crippen molar-refractivity contribution in [1.82, 2.24) is 4.98 Å². The number of hydrogen-bond donors (Lipinski definition) is 1. The molecule has 0 fully saturated rings. The summed E-state index contributed by atoms with van der Waals surface area (Å²) in [5.74, 6) is -0.753. The van der Waals surface area contributed by atoms with Gasteiger partial charge in [0, 0.05) is 5.02 Å². The van der Waals surface area contributed by atoms with E-state index in [-0.39, 0.29) is 5.56 Å². The van der Waals surface area contributed by atoms with Gasteiger partial charge < -0.3 is 9.84 Å². The van der Waals surface area contributed by atoms with Crippen molar-refractivity contribution in [3.63, 3.8) is 0 Å². The van der Waals surface area contributed by atoms with E-state index in [0.29, 0.717) is 17.4 Å². The van der Waals surface area contributed by atoms with Crippen molar-refractivity contribution in [3.05, 3.63) is 44.4 Å². The van der Waals surface area contributed by atoms with Crippen LogP contribution in [0.2, 0.25) is 5.02 Å². The molecule has 0 aliphatic heterocycles. The highest BCUT2D eigenvalue weighted by Gasteiger charge is 2.13. The maximum absolute atomic E-state index is 11.1. The zero-order chi connectivity index (χ0) is 14.0. The largest absolute Gasteiger partial charge is 0.487 e. The number of carboxylic acid groups (broad SMARTS) is 1. The van der Waals surface area contributed by atoms with E-state index in [0.717, 1.165) is 15.6 Å². The number of nitrogens with zero attached hydrogens (tertiary/aromatic N) is 1. The van der Waals surface area contributed by atoms with Crippen molar-refractivity contribution in [2.24, 2.45) is 0 Å². The summed E-state index contributed by atoms with van der Waals surface area (Å²) in [5.41, 5.74) is 0.972. The average molecular weight is 298 g/mol. The van der Waals surface area contributed by atoms with E-state index in [1.54, 1.807) is 23.5 Å². The molecule has 0 saturated carbocycles.